The lowest BCUT2D eigenvalue weighted by Gasteiger charge is -2.06. The fraction of sp³-hybridized carbons (Fsp3) is 0.778. The Morgan fingerprint density at radius 2 is 2.00 bits per heavy atom. The van der Waals surface area contributed by atoms with Crippen molar-refractivity contribution in [3.8, 4) is 0 Å². The van der Waals surface area contributed by atoms with Crippen LogP contribution in [0.5, 0.6) is 0 Å². The molecule has 0 radical (unpaired) electrons. The molecule has 0 saturated heterocycles. The molecule has 0 aliphatic rings. The average molecular weight is 298 g/mol. The second-order valence-corrected chi connectivity index (χ2v) is 4.26. The van der Waals surface area contributed by atoms with E-state index in [1.165, 1.54) is 0 Å². The number of carbonyl (C=O) groups excluding carboxylic acids is 2. The van der Waals surface area contributed by atoms with E-state index in [1.807, 2.05) is 22.6 Å². The first kappa shape index (κ1) is 12.9. The fourth-order valence-corrected chi connectivity index (χ4v) is 1.32. The molecule has 0 bridgehead atoms. The molecule has 3 nitrogen and oxygen atoms in total. The molecular formula is C9H15IO3. The molecule has 0 amide bonds. The van der Waals surface area contributed by atoms with E-state index in [2.05, 4.69) is 11.7 Å². The molecule has 0 rings (SSSR count). The second-order valence-electron chi connectivity index (χ2n) is 2.76. The van der Waals surface area contributed by atoms with Crippen LogP contribution in [0.3, 0.4) is 0 Å². The zero-order valence-corrected chi connectivity index (χ0v) is 10.2. The normalized spacial score (nSPS) is 12.2. The molecule has 0 saturated carbocycles. The van der Waals surface area contributed by atoms with Gasteiger partial charge in [-0.3, -0.25) is 9.59 Å². The fourth-order valence-electron chi connectivity index (χ4n) is 0.749. The van der Waals surface area contributed by atoms with Crippen LogP contribution in [-0.4, -0.2) is 15.9 Å². The van der Waals surface area contributed by atoms with Crippen molar-refractivity contribution >= 4 is 34.5 Å². The van der Waals surface area contributed by atoms with Gasteiger partial charge in [-0.05, 0) is 6.42 Å². The Balaban J connectivity index is 3.75. The van der Waals surface area contributed by atoms with Crippen molar-refractivity contribution in [2.24, 2.45) is 0 Å². The summed E-state index contributed by atoms with van der Waals surface area (Å²) in [6.07, 6.45) is 3.08. The SMILES string of the molecule is CCCCC(I)C(=O)OC(=O)CC. The summed E-state index contributed by atoms with van der Waals surface area (Å²) in [5, 5.41) is 0. The zero-order valence-electron chi connectivity index (χ0n) is 8.01. The summed E-state index contributed by atoms with van der Waals surface area (Å²) >= 11 is 2.01. The molecule has 4 heteroatoms. The van der Waals surface area contributed by atoms with E-state index in [4.69, 9.17) is 0 Å². The van der Waals surface area contributed by atoms with Gasteiger partial charge in [-0.25, -0.2) is 0 Å². The molecule has 76 valence electrons. The van der Waals surface area contributed by atoms with Gasteiger partial charge < -0.3 is 4.74 Å². The summed E-state index contributed by atoms with van der Waals surface area (Å²) in [7, 11) is 0. The van der Waals surface area contributed by atoms with Crippen LogP contribution in [0.4, 0.5) is 0 Å². The van der Waals surface area contributed by atoms with Gasteiger partial charge in [-0.1, -0.05) is 49.3 Å². The first-order valence-corrected chi connectivity index (χ1v) is 5.75. The highest BCUT2D eigenvalue weighted by atomic mass is 127. The Labute approximate surface area is 92.4 Å². The van der Waals surface area contributed by atoms with Gasteiger partial charge in [-0.15, -0.1) is 0 Å². The molecule has 0 N–H and O–H groups in total. The number of rotatable bonds is 5. The number of carbonyl (C=O) groups is 2. The highest BCUT2D eigenvalue weighted by molar-refractivity contribution is 14.1. The maximum atomic E-state index is 11.2. The summed E-state index contributed by atoms with van der Waals surface area (Å²) in [6.45, 7) is 3.73. The third-order valence-electron chi connectivity index (χ3n) is 1.57. The molecule has 0 aliphatic heterocycles. The molecule has 0 aromatic heterocycles. The molecule has 0 fully saturated rings. The van der Waals surface area contributed by atoms with Gasteiger partial charge in [0.25, 0.3) is 0 Å². The third kappa shape index (κ3) is 6.01. The number of ether oxygens (including phenoxy) is 1. The largest absolute Gasteiger partial charge is 0.392 e. The first-order valence-electron chi connectivity index (χ1n) is 4.50. The molecule has 13 heavy (non-hydrogen) atoms. The predicted molar refractivity (Wildman–Crippen MR) is 58.7 cm³/mol. The van der Waals surface area contributed by atoms with E-state index < -0.39 is 11.9 Å². The molecule has 0 spiro atoms. The summed E-state index contributed by atoms with van der Waals surface area (Å²) in [5.74, 6) is -0.843. The first-order chi connectivity index (χ1) is 6.11. The molecule has 0 aromatic rings. The summed E-state index contributed by atoms with van der Waals surface area (Å²) in [6, 6.07) is 0. The number of esters is 2. The van der Waals surface area contributed by atoms with E-state index in [9.17, 15) is 9.59 Å². The van der Waals surface area contributed by atoms with Gasteiger partial charge in [0, 0.05) is 6.42 Å². The van der Waals surface area contributed by atoms with Crippen molar-refractivity contribution < 1.29 is 14.3 Å². The standard InChI is InChI=1S/C9H15IO3/c1-3-5-6-7(10)9(12)13-8(11)4-2/h7H,3-6H2,1-2H3. The minimum atomic E-state index is -0.442. The van der Waals surface area contributed by atoms with Crippen LogP contribution in [0.1, 0.15) is 39.5 Å². The average Bonchev–Trinajstić information content (AvgIpc) is 2.13. The van der Waals surface area contributed by atoms with Gasteiger partial charge in [0.15, 0.2) is 0 Å². The van der Waals surface area contributed by atoms with Crippen molar-refractivity contribution in [3.05, 3.63) is 0 Å². The molecule has 0 heterocycles. The summed E-state index contributed by atoms with van der Waals surface area (Å²) in [5.41, 5.74) is 0. The minimum absolute atomic E-state index is 0.187. The summed E-state index contributed by atoms with van der Waals surface area (Å²) < 4.78 is 4.39. The minimum Gasteiger partial charge on any atom is -0.392 e. The molecular weight excluding hydrogens is 283 g/mol. The Hall–Kier alpha value is -0.130. The Kier molecular flexibility index (Phi) is 7.22. The van der Waals surface area contributed by atoms with E-state index in [0.29, 0.717) is 0 Å². The molecule has 0 aliphatic carbocycles. The van der Waals surface area contributed by atoms with Crippen LogP contribution < -0.4 is 0 Å². The number of hydrogen-bond acceptors (Lipinski definition) is 3. The lowest BCUT2D eigenvalue weighted by Crippen LogP contribution is -2.20. The van der Waals surface area contributed by atoms with Crippen molar-refractivity contribution in [2.75, 3.05) is 0 Å². The number of alkyl halides is 1. The number of halogens is 1. The quantitative estimate of drug-likeness (QED) is 0.339. The number of unbranched alkanes of at least 4 members (excludes halogenated alkanes) is 1. The van der Waals surface area contributed by atoms with Crippen LogP contribution >= 0.6 is 22.6 Å². The zero-order chi connectivity index (χ0) is 10.3. The monoisotopic (exact) mass is 298 g/mol. The highest BCUT2D eigenvalue weighted by Gasteiger charge is 2.17. The predicted octanol–water partition coefficient (Wildman–Crippen LogP) is 2.46. The lowest BCUT2D eigenvalue weighted by atomic mass is 10.2. The molecule has 1 atom stereocenters. The molecule has 1 unspecified atom stereocenters. The van der Waals surface area contributed by atoms with E-state index in [1.54, 1.807) is 6.92 Å². The van der Waals surface area contributed by atoms with Crippen molar-refractivity contribution in [2.45, 2.75) is 43.5 Å². The Morgan fingerprint density at radius 3 is 2.46 bits per heavy atom. The van der Waals surface area contributed by atoms with Crippen molar-refractivity contribution in [3.63, 3.8) is 0 Å². The van der Waals surface area contributed by atoms with E-state index >= 15 is 0 Å². The van der Waals surface area contributed by atoms with Gasteiger partial charge in [0.05, 0.1) is 0 Å². The topological polar surface area (TPSA) is 43.4 Å². The smallest absolute Gasteiger partial charge is 0.326 e. The van der Waals surface area contributed by atoms with Crippen LogP contribution in [-0.2, 0) is 14.3 Å². The van der Waals surface area contributed by atoms with Gasteiger partial charge in [0.2, 0.25) is 0 Å². The third-order valence-corrected chi connectivity index (χ3v) is 2.70. The lowest BCUT2D eigenvalue weighted by molar-refractivity contribution is -0.158. The molecule has 0 aromatic carbocycles. The van der Waals surface area contributed by atoms with Crippen molar-refractivity contribution in [1.29, 1.82) is 0 Å². The maximum Gasteiger partial charge on any atom is 0.326 e. The van der Waals surface area contributed by atoms with Crippen LogP contribution in [0.2, 0.25) is 0 Å². The van der Waals surface area contributed by atoms with Crippen LogP contribution in [0.25, 0.3) is 0 Å². The van der Waals surface area contributed by atoms with Gasteiger partial charge in [-0.2, -0.15) is 0 Å². The second kappa shape index (κ2) is 7.29. The summed E-state index contributed by atoms with van der Waals surface area (Å²) in [4.78, 5) is 21.9. The Bertz CT molecular complexity index is 180. The Morgan fingerprint density at radius 1 is 1.38 bits per heavy atom. The highest BCUT2D eigenvalue weighted by Crippen LogP contribution is 2.12. The van der Waals surface area contributed by atoms with Crippen molar-refractivity contribution in [1.82, 2.24) is 0 Å². The van der Waals surface area contributed by atoms with Gasteiger partial charge in [0.1, 0.15) is 3.92 Å². The van der Waals surface area contributed by atoms with E-state index in [0.717, 1.165) is 19.3 Å². The number of hydrogen-bond donors (Lipinski definition) is 0. The van der Waals surface area contributed by atoms with E-state index in [-0.39, 0.29) is 10.3 Å². The van der Waals surface area contributed by atoms with Crippen LogP contribution in [0.15, 0.2) is 0 Å². The van der Waals surface area contributed by atoms with Crippen LogP contribution in [0, 0.1) is 0 Å². The van der Waals surface area contributed by atoms with Gasteiger partial charge >= 0.3 is 11.9 Å². The maximum absolute atomic E-state index is 11.2.